The Bertz CT molecular complexity index is 516. The van der Waals surface area contributed by atoms with Crippen LogP contribution in [0.4, 0.5) is 5.82 Å². The summed E-state index contributed by atoms with van der Waals surface area (Å²) < 4.78 is 0. The van der Waals surface area contributed by atoms with Crippen LogP contribution in [0.2, 0.25) is 0 Å². The van der Waals surface area contributed by atoms with Crippen LogP contribution in [0, 0.1) is 0 Å². The number of carboxylic acids is 1. The zero-order chi connectivity index (χ0) is 15.8. The van der Waals surface area contributed by atoms with Gasteiger partial charge in [-0.2, -0.15) is 0 Å². The van der Waals surface area contributed by atoms with Crippen molar-refractivity contribution in [1.29, 1.82) is 0 Å². The number of unbranched alkanes of at least 4 members (excludes halogenated alkanes) is 5. The molecule has 1 aliphatic heterocycles. The maximum atomic E-state index is 11.0. The van der Waals surface area contributed by atoms with Crippen molar-refractivity contribution in [3.63, 3.8) is 0 Å². The Morgan fingerprint density at radius 2 is 2.00 bits per heavy atom. The van der Waals surface area contributed by atoms with E-state index in [1.165, 1.54) is 44.6 Å². The third-order valence-corrected chi connectivity index (χ3v) is 3.88. The largest absolute Gasteiger partial charge is 0.478 e. The van der Waals surface area contributed by atoms with Crippen molar-refractivity contribution in [2.75, 3.05) is 18.1 Å². The molecule has 5 nitrogen and oxygen atoms in total. The van der Waals surface area contributed by atoms with Gasteiger partial charge in [-0.3, -0.25) is 0 Å². The van der Waals surface area contributed by atoms with E-state index in [1.807, 2.05) is 11.1 Å². The average Bonchev–Trinajstić information content (AvgIpc) is 3.00. The molecule has 120 valence electrons. The minimum atomic E-state index is -0.921. The molecule has 1 aliphatic rings. The van der Waals surface area contributed by atoms with E-state index >= 15 is 0 Å². The number of carboxylic acid groups (broad SMARTS) is 1. The smallest absolute Gasteiger partial charge is 0.335 e. The van der Waals surface area contributed by atoms with Gasteiger partial charge in [0.15, 0.2) is 0 Å². The summed E-state index contributed by atoms with van der Waals surface area (Å²) in [5.74, 6) is -0.239. The minimum absolute atomic E-state index is 0.271. The van der Waals surface area contributed by atoms with Crippen LogP contribution < -0.4 is 4.90 Å². The van der Waals surface area contributed by atoms with Crippen molar-refractivity contribution in [2.24, 2.45) is 0 Å². The van der Waals surface area contributed by atoms with Gasteiger partial charge in [0.2, 0.25) is 0 Å². The summed E-state index contributed by atoms with van der Waals surface area (Å²) in [7, 11) is 0. The highest BCUT2D eigenvalue weighted by atomic mass is 16.4. The van der Waals surface area contributed by atoms with E-state index in [0.717, 1.165) is 13.2 Å². The first kappa shape index (κ1) is 16.3. The molecule has 22 heavy (non-hydrogen) atoms. The number of hydrogen-bond acceptors (Lipinski definition) is 4. The monoisotopic (exact) mass is 303 g/mol. The van der Waals surface area contributed by atoms with E-state index in [9.17, 15) is 4.79 Å². The lowest BCUT2D eigenvalue weighted by atomic mass is 10.1. The second kappa shape index (κ2) is 8.41. The van der Waals surface area contributed by atoms with Crippen molar-refractivity contribution in [3.05, 3.63) is 36.3 Å². The highest BCUT2D eigenvalue weighted by Crippen LogP contribution is 2.18. The van der Waals surface area contributed by atoms with E-state index in [4.69, 9.17) is 5.11 Å². The van der Waals surface area contributed by atoms with Gasteiger partial charge in [0.1, 0.15) is 5.82 Å². The summed E-state index contributed by atoms with van der Waals surface area (Å²) in [6.45, 7) is 4.01. The van der Waals surface area contributed by atoms with Gasteiger partial charge in [-0.15, -0.1) is 0 Å². The normalized spacial score (nSPS) is 13.9. The summed E-state index contributed by atoms with van der Waals surface area (Å²) in [6.07, 6.45) is 13.3. The molecule has 0 radical (unpaired) electrons. The van der Waals surface area contributed by atoms with Gasteiger partial charge in [0, 0.05) is 25.1 Å². The number of pyridine rings is 1. The molecule has 0 bridgehead atoms. The van der Waals surface area contributed by atoms with E-state index in [0.29, 0.717) is 5.82 Å². The van der Waals surface area contributed by atoms with Gasteiger partial charge < -0.3 is 14.9 Å². The third kappa shape index (κ3) is 4.76. The topological polar surface area (TPSA) is 56.7 Å². The maximum absolute atomic E-state index is 11.0. The van der Waals surface area contributed by atoms with Crippen molar-refractivity contribution < 1.29 is 9.90 Å². The van der Waals surface area contributed by atoms with Crippen LogP contribution in [-0.2, 0) is 0 Å². The van der Waals surface area contributed by atoms with E-state index in [2.05, 4.69) is 23.0 Å². The summed E-state index contributed by atoms with van der Waals surface area (Å²) in [6, 6.07) is 3.13. The van der Waals surface area contributed by atoms with Crippen LogP contribution in [0.15, 0.2) is 30.7 Å². The van der Waals surface area contributed by atoms with Crippen LogP contribution in [0.5, 0.6) is 0 Å². The first-order chi connectivity index (χ1) is 10.7. The molecule has 1 aromatic heterocycles. The van der Waals surface area contributed by atoms with Gasteiger partial charge in [-0.1, -0.05) is 39.0 Å². The van der Waals surface area contributed by atoms with Crippen molar-refractivity contribution in [3.8, 4) is 0 Å². The quantitative estimate of drug-likeness (QED) is 0.705. The molecule has 5 heteroatoms. The number of nitrogens with zero attached hydrogens (tertiary/aromatic N) is 3. The second-order valence-electron chi connectivity index (χ2n) is 5.70. The summed E-state index contributed by atoms with van der Waals surface area (Å²) in [5, 5.41) is 9.03. The maximum Gasteiger partial charge on any atom is 0.335 e. The fourth-order valence-electron chi connectivity index (χ4n) is 2.56. The molecular formula is C17H25N3O2. The second-order valence-corrected chi connectivity index (χ2v) is 5.70. The zero-order valence-corrected chi connectivity index (χ0v) is 13.2. The van der Waals surface area contributed by atoms with E-state index in [1.54, 1.807) is 12.3 Å². The lowest BCUT2D eigenvalue weighted by Gasteiger charge is -2.20. The lowest BCUT2D eigenvalue weighted by molar-refractivity contribution is 0.0697. The highest BCUT2D eigenvalue weighted by Gasteiger charge is 2.15. The number of aromatic carboxylic acids is 1. The van der Waals surface area contributed by atoms with Crippen LogP contribution in [-0.4, -0.2) is 34.2 Å². The summed E-state index contributed by atoms with van der Waals surface area (Å²) in [5.41, 5.74) is 0.271. The molecule has 0 unspecified atom stereocenters. The average molecular weight is 303 g/mol. The number of carbonyl (C=O) groups is 1. The first-order valence-electron chi connectivity index (χ1n) is 8.09. The van der Waals surface area contributed by atoms with Crippen molar-refractivity contribution in [1.82, 2.24) is 9.88 Å². The van der Waals surface area contributed by atoms with Gasteiger partial charge >= 0.3 is 5.97 Å². The fourth-order valence-corrected chi connectivity index (χ4v) is 2.56. The van der Waals surface area contributed by atoms with Crippen LogP contribution >= 0.6 is 0 Å². The van der Waals surface area contributed by atoms with Gasteiger partial charge in [0.25, 0.3) is 0 Å². The Labute approximate surface area is 132 Å². The number of anilines is 1. The molecule has 0 fully saturated rings. The molecule has 0 spiro atoms. The number of aromatic nitrogens is 1. The SMILES string of the molecule is CCCCCCCCN1C=CN(c2cc(C(=O)O)ccn2)C1. The lowest BCUT2D eigenvalue weighted by Crippen LogP contribution is -2.26. The molecule has 1 aromatic rings. The molecule has 0 amide bonds. The molecular weight excluding hydrogens is 278 g/mol. The molecule has 0 aromatic carbocycles. The fraction of sp³-hybridized carbons (Fsp3) is 0.529. The van der Waals surface area contributed by atoms with Gasteiger partial charge in [-0.05, 0) is 18.6 Å². The molecule has 0 atom stereocenters. The molecule has 2 rings (SSSR count). The zero-order valence-electron chi connectivity index (χ0n) is 13.2. The number of hydrogen-bond donors (Lipinski definition) is 1. The molecule has 1 N–H and O–H groups in total. The van der Waals surface area contributed by atoms with Crippen molar-refractivity contribution >= 4 is 11.8 Å². The Hall–Kier alpha value is -2.04. The molecule has 0 saturated heterocycles. The minimum Gasteiger partial charge on any atom is -0.478 e. The molecule has 2 heterocycles. The Balaban J connectivity index is 1.75. The Morgan fingerprint density at radius 1 is 1.23 bits per heavy atom. The predicted octanol–water partition coefficient (Wildman–Crippen LogP) is 3.69. The van der Waals surface area contributed by atoms with Gasteiger partial charge in [-0.25, -0.2) is 9.78 Å². The Morgan fingerprint density at radius 3 is 2.77 bits per heavy atom. The highest BCUT2D eigenvalue weighted by molar-refractivity contribution is 5.88. The third-order valence-electron chi connectivity index (χ3n) is 3.88. The summed E-state index contributed by atoms with van der Waals surface area (Å²) >= 11 is 0. The van der Waals surface area contributed by atoms with Crippen LogP contribution in [0.25, 0.3) is 0 Å². The first-order valence-corrected chi connectivity index (χ1v) is 8.09. The molecule has 0 aliphatic carbocycles. The van der Waals surface area contributed by atoms with Crippen LogP contribution in [0.3, 0.4) is 0 Å². The number of rotatable bonds is 9. The van der Waals surface area contributed by atoms with Crippen LogP contribution in [0.1, 0.15) is 55.8 Å². The van der Waals surface area contributed by atoms with Gasteiger partial charge in [0.05, 0.1) is 12.2 Å². The Kier molecular flexibility index (Phi) is 6.25. The predicted molar refractivity (Wildman–Crippen MR) is 87.8 cm³/mol. The van der Waals surface area contributed by atoms with E-state index < -0.39 is 5.97 Å². The molecule has 0 saturated carbocycles. The summed E-state index contributed by atoms with van der Waals surface area (Å²) in [4.78, 5) is 19.5. The standard InChI is InChI=1S/C17H25N3O2/c1-2-3-4-5-6-7-10-19-11-12-20(14-19)16-13-15(17(21)22)8-9-18-16/h8-9,11-13H,2-7,10,14H2,1H3,(H,21,22). The van der Waals surface area contributed by atoms with E-state index in [-0.39, 0.29) is 5.56 Å². The van der Waals surface area contributed by atoms with Crippen molar-refractivity contribution in [2.45, 2.75) is 45.4 Å².